The second-order valence-electron chi connectivity index (χ2n) is 5.19. The Morgan fingerprint density at radius 2 is 1.87 bits per heavy atom. The van der Waals surface area contributed by atoms with Crippen LogP contribution in [0.25, 0.3) is 0 Å². The molecular formula is C12H25NOS. The minimum Gasteiger partial charge on any atom is -0.318 e. The zero-order chi connectivity index (χ0) is 12.3. The van der Waals surface area contributed by atoms with Gasteiger partial charge in [0.05, 0.1) is 5.54 Å². The summed E-state index contributed by atoms with van der Waals surface area (Å²) >= 11 is 1.65. The summed E-state index contributed by atoms with van der Waals surface area (Å²) in [6.07, 6.45) is 2.84. The van der Waals surface area contributed by atoms with Crippen molar-refractivity contribution < 1.29 is 4.79 Å². The highest BCUT2D eigenvalue weighted by molar-refractivity contribution is 7.98. The predicted octanol–water partition coefficient (Wildman–Crippen LogP) is 2.71. The Morgan fingerprint density at radius 3 is 2.13 bits per heavy atom. The summed E-state index contributed by atoms with van der Waals surface area (Å²) in [7, 11) is 0. The summed E-state index contributed by atoms with van der Waals surface area (Å²) in [6.45, 7) is 10.1. The monoisotopic (exact) mass is 231 g/mol. The minimum atomic E-state index is -0.682. The van der Waals surface area contributed by atoms with Crippen LogP contribution >= 0.6 is 11.8 Å². The number of Topliss-reactive ketones (excluding diaryl/α,β-unsaturated/α-hetero) is 1. The molecule has 2 nitrogen and oxygen atoms in total. The first-order valence-corrected chi connectivity index (χ1v) is 6.94. The van der Waals surface area contributed by atoms with Crippen molar-refractivity contribution in [2.45, 2.75) is 46.6 Å². The van der Waals surface area contributed by atoms with E-state index in [1.807, 2.05) is 40.9 Å². The molecule has 0 aromatic carbocycles. The molecule has 1 atom stereocenters. The van der Waals surface area contributed by atoms with Crippen molar-refractivity contribution in [3.63, 3.8) is 0 Å². The van der Waals surface area contributed by atoms with E-state index in [0.717, 1.165) is 6.42 Å². The zero-order valence-corrected chi connectivity index (χ0v) is 11.7. The van der Waals surface area contributed by atoms with Crippen molar-refractivity contribution in [1.82, 2.24) is 0 Å². The highest BCUT2D eigenvalue weighted by atomic mass is 32.2. The standard InChI is InChI=1S/C12H25NOS/c1-7-11(4,5)10(14)12(13,8-15-6)9(2)3/h9H,7-8,13H2,1-6H3. The normalized spacial score (nSPS) is 16.5. The van der Waals surface area contributed by atoms with Crippen LogP contribution in [0.2, 0.25) is 0 Å². The Morgan fingerprint density at radius 1 is 1.40 bits per heavy atom. The fourth-order valence-corrected chi connectivity index (χ4v) is 2.47. The largest absolute Gasteiger partial charge is 0.318 e. The van der Waals surface area contributed by atoms with Crippen molar-refractivity contribution in [3.8, 4) is 0 Å². The Kier molecular flexibility index (Phi) is 5.34. The molecule has 0 aliphatic carbocycles. The van der Waals surface area contributed by atoms with Gasteiger partial charge in [-0.3, -0.25) is 4.79 Å². The first-order chi connectivity index (χ1) is 6.72. The molecule has 0 amide bonds. The molecule has 0 aliphatic heterocycles. The van der Waals surface area contributed by atoms with E-state index < -0.39 is 5.54 Å². The molecule has 0 heterocycles. The highest BCUT2D eigenvalue weighted by Gasteiger charge is 2.43. The zero-order valence-electron chi connectivity index (χ0n) is 10.9. The molecule has 0 aliphatic rings. The summed E-state index contributed by atoms with van der Waals surface area (Å²) < 4.78 is 0. The van der Waals surface area contributed by atoms with Crippen LogP contribution in [0.4, 0.5) is 0 Å². The Bertz CT molecular complexity index is 226. The van der Waals surface area contributed by atoms with E-state index in [9.17, 15) is 4.79 Å². The second-order valence-corrected chi connectivity index (χ2v) is 6.06. The van der Waals surface area contributed by atoms with E-state index in [2.05, 4.69) is 0 Å². The maximum absolute atomic E-state index is 12.4. The van der Waals surface area contributed by atoms with E-state index >= 15 is 0 Å². The van der Waals surface area contributed by atoms with Crippen molar-refractivity contribution in [1.29, 1.82) is 0 Å². The predicted molar refractivity (Wildman–Crippen MR) is 69.2 cm³/mol. The van der Waals surface area contributed by atoms with Crippen LogP contribution in [-0.4, -0.2) is 23.3 Å². The van der Waals surface area contributed by atoms with Crippen LogP contribution < -0.4 is 5.73 Å². The minimum absolute atomic E-state index is 0.184. The summed E-state index contributed by atoms with van der Waals surface area (Å²) in [5, 5.41) is 0. The topological polar surface area (TPSA) is 43.1 Å². The van der Waals surface area contributed by atoms with E-state index in [1.165, 1.54) is 0 Å². The molecule has 0 saturated heterocycles. The van der Waals surface area contributed by atoms with Crippen LogP contribution in [0.5, 0.6) is 0 Å². The van der Waals surface area contributed by atoms with E-state index in [0.29, 0.717) is 5.75 Å². The number of hydrogen-bond donors (Lipinski definition) is 1. The number of thioether (sulfide) groups is 1. The Hall–Kier alpha value is -0.0200. The summed E-state index contributed by atoms with van der Waals surface area (Å²) in [5.74, 6) is 1.08. The van der Waals surface area contributed by atoms with Gasteiger partial charge in [-0.15, -0.1) is 0 Å². The van der Waals surface area contributed by atoms with Crippen LogP contribution in [0.3, 0.4) is 0 Å². The summed E-state index contributed by atoms with van der Waals surface area (Å²) in [5.41, 5.74) is 5.29. The van der Waals surface area contributed by atoms with Gasteiger partial charge in [-0.1, -0.05) is 34.6 Å². The van der Waals surface area contributed by atoms with Crippen molar-refractivity contribution >= 4 is 17.5 Å². The molecule has 2 N–H and O–H groups in total. The maximum atomic E-state index is 12.4. The van der Waals surface area contributed by atoms with Crippen LogP contribution in [0.15, 0.2) is 0 Å². The summed E-state index contributed by atoms with van der Waals surface area (Å²) in [4.78, 5) is 12.4. The molecule has 0 fully saturated rings. The third-order valence-electron chi connectivity index (χ3n) is 3.33. The van der Waals surface area contributed by atoms with Crippen molar-refractivity contribution in [2.24, 2.45) is 17.1 Å². The lowest BCUT2D eigenvalue weighted by Gasteiger charge is -2.38. The molecule has 0 bridgehead atoms. The molecule has 1 unspecified atom stereocenters. The first kappa shape index (κ1) is 15.0. The molecule has 0 aromatic heterocycles. The fourth-order valence-electron chi connectivity index (χ4n) is 1.52. The average molecular weight is 231 g/mol. The lowest BCUT2D eigenvalue weighted by molar-refractivity contribution is -0.133. The number of hydrogen-bond acceptors (Lipinski definition) is 3. The quantitative estimate of drug-likeness (QED) is 0.764. The number of carbonyl (C=O) groups excluding carboxylic acids is 1. The number of nitrogens with two attached hydrogens (primary N) is 1. The molecule has 90 valence electrons. The number of ketones is 1. The van der Waals surface area contributed by atoms with E-state index in [1.54, 1.807) is 11.8 Å². The van der Waals surface area contributed by atoms with Gasteiger partial charge in [0, 0.05) is 11.2 Å². The molecular weight excluding hydrogens is 206 g/mol. The molecule has 0 aromatic rings. The molecule has 15 heavy (non-hydrogen) atoms. The molecule has 0 radical (unpaired) electrons. The smallest absolute Gasteiger partial charge is 0.159 e. The number of rotatable bonds is 6. The van der Waals surface area contributed by atoms with Gasteiger partial charge in [-0.2, -0.15) is 11.8 Å². The van der Waals surface area contributed by atoms with E-state index in [4.69, 9.17) is 5.73 Å². The van der Waals surface area contributed by atoms with Gasteiger partial charge in [0.2, 0.25) is 0 Å². The third-order valence-corrected chi connectivity index (χ3v) is 4.10. The fraction of sp³-hybridized carbons (Fsp3) is 0.917. The molecule has 0 spiro atoms. The third kappa shape index (κ3) is 3.22. The average Bonchev–Trinajstić information content (AvgIpc) is 2.16. The SMILES string of the molecule is CCC(C)(C)C(=O)C(N)(CSC)C(C)C. The van der Waals surface area contributed by atoms with Gasteiger partial charge >= 0.3 is 0 Å². The van der Waals surface area contributed by atoms with Gasteiger partial charge < -0.3 is 5.73 Å². The van der Waals surface area contributed by atoms with Gasteiger partial charge in [0.15, 0.2) is 5.78 Å². The van der Waals surface area contributed by atoms with Gasteiger partial charge in [0.25, 0.3) is 0 Å². The summed E-state index contributed by atoms with van der Waals surface area (Å²) in [6, 6.07) is 0. The maximum Gasteiger partial charge on any atom is 0.159 e. The van der Waals surface area contributed by atoms with Crippen LogP contribution in [-0.2, 0) is 4.79 Å². The van der Waals surface area contributed by atoms with Gasteiger partial charge in [0.1, 0.15) is 0 Å². The second kappa shape index (κ2) is 5.35. The Labute approximate surface area is 98.4 Å². The molecule has 0 saturated carbocycles. The Balaban J connectivity index is 5.02. The van der Waals surface area contributed by atoms with Gasteiger partial charge in [-0.05, 0) is 18.6 Å². The lowest BCUT2D eigenvalue weighted by Crippen LogP contribution is -2.59. The van der Waals surface area contributed by atoms with Gasteiger partial charge in [-0.25, -0.2) is 0 Å². The first-order valence-electron chi connectivity index (χ1n) is 5.55. The molecule has 3 heteroatoms. The van der Waals surface area contributed by atoms with Crippen LogP contribution in [0.1, 0.15) is 41.0 Å². The molecule has 0 rings (SSSR count). The van der Waals surface area contributed by atoms with E-state index in [-0.39, 0.29) is 17.1 Å². The van der Waals surface area contributed by atoms with Crippen LogP contribution in [0, 0.1) is 11.3 Å². The highest BCUT2D eigenvalue weighted by Crippen LogP contribution is 2.31. The van der Waals surface area contributed by atoms with Crippen molar-refractivity contribution in [2.75, 3.05) is 12.0 Å². The lowest BCUT2D eigenvalue weighted by atomic mass is 9.72. The van der Waals surface area contributed by atoms with Crippen molar-refractivity contribution in [3.05, 3.63) is 0 Å². The number of carbonyl (C=O) groups is 1.